The molecule has 1 unspecified atom stereocenters. The molecule has 1 atom stereocenters. The number of nitrogens with two attached hydrogens (primary N) is 1. The highest BCUT2D eigenvalue weighted by molar-refractivity contribution is 6.19. The monoisotopic (exact) mass is 109 g/mol. The van der Waals surface area contributed by atoms with Crippen LogP contribution in [-0.4, -0.2) is 17.2 Å². The molecule has 0 bridgehead atoms. The van der Waals surface area contributed by atoms with Gasteiger partial charge in [-0.2, -0.15) is 0 Å². The van der Waals surface area contributed by atoms with Gasteiger partial charge in [-0.05, 0) is 13.0 Å². The van der Waals surface area contributed by atoms with Crippen LogP contribution in [-0.2, 0) is 0 Å². The van der Waals surface area contributed by atoms with Crippen molar-refractivity contribution in [1.82, 2.24) is 0 Å². The minimum atomic E-state index is -0.755. The number of rotatable bonds is 2. The van der Waals surface area contributed by atoms with Gasteiger partial charge in [0, 0.05) is 0 Å². The normalized spacial score (nSPS) is 14.5. The minimum absolute atomic E-state index is 0.449. The highest BCUT2D eigenvalue weighted by Crippen LogP contribution is 1.91. The second-order valence-electron chi connectivity index (χ2n) is 1.01. The zero-order valence-corrected chi connectivity index (χ0v) is 4.15. The van der Waals surface area contributed by atoms with Crippen LogP contribution in [0.5, 0.6) is 0 Å². The van der Waals surface area contributed by atoms with Gasteiger partial charge in [-0.1, -0.05) is 11.6 Å². The molecule has 0 amide bonds. The smallest absolute Gasteiger partial charge is 0.129 e. The fourth-order valence-electron chi connectivity index (χ4n) is 0.138. The average Bonchev–Trinajstić information content (AvgIpc) is 1.35. The summed E-state index contributed by atoms with van der Waals surface area (Å²) in [4.78, 5) is 0. The Morgan fingerprint density at radius 2 is 2.33 bits per heavy atom. The van der Waals surface area contributed by atoms with Crippen LogP contribution >= 0.6 is 11.6 Å². The van der Waals surface area contributed by atoms with Crippen LogP contribution in [0.4, 0.5) is 0 Å². The highest BCUT2D eigenvalue weighted by atomic mass is 35.5. The Hall–Kier alpha value is 0.210. The Bertz CT molecular complexity index is 32.0. The van der Waals surface area contributed by atoms with E-state index in [9.17, 15) is 0 Å². The molecule has 0 aliphatic carbocycles. The van der Waals surface area contributed by atoms with Crippen molar-refractivity contribution >= 4 is 11.6 Å². The van der Waals surface area contributed by atoms with E-state index in [1.165, 1.54) is 0 Å². The minimum Gasteiger partial charge on any atom is -0.378 e. The predicted octanol–water partition coefficient (Wildman–Crippen LogP) is -0.108. The van der Waals surface area contributed by atoms with Gasteiger partial charge in [0.05, 0.1) is 0 Å². The summed E-state index contributed by atoms with van der Waals surface area (Å²) in [5, 5.41) is 8.24. The summed E-state index contributed by atoms with van der Waals surface area (Å²) in [5.74, 6) is 0. The lowest BCUT2D eigenvalue weighted by Crippen LogP contribution is -2.06. The van der Waals surface area contributed by atoms with Crippen LogP contribution < -0.4 is 5.73 Å². The van der Waals surface area contributed by atoms with Gasteiger partial charge in [-0.3, -0.25) is 0 Å². The largest absolute Gasteiger partial charge is 0.378 e. The number of alkyl halides is 1. The third-order valence-corrected chi connectivity index (χ3v) is 0.623. The average molecular weight is 110 g/mol. The molecule has 0 aromatic rings. The Morgan fingerprint density at radius 3 is 2.33 bits per heavy atom. The van der Waals surface area contributed by atoms with Crippen LogP contribution in [0.25, 0.3) is 0 Å². The highest BCUT2D eigenvalue weighted by Gasteiger charge is 1.90. The second-order valence-corrected chi connectivity index (χ2v) is 1.52. The molecule has 3 heteroatoms. The lowest BCUT2D eigenvalue weighted by Gasteiger charge is -1.93. The standard InChI is InChI=1S/C3H8ClNO/c4-3(6)1-2-5/h3,6H,1-2,5H2. The van der Waals surface area contributed by atoms with Gasteiger partial charge in [-0.15, -0.1) is 0 Å². The van der Waals surface area contributed by atoms with Crippen LogP contribution in [0.2, 0.25) is 0 Å². The first-order valence-electron chi connectivity index (χ1n) is 1.79. The van der Waals surface area contributed by atoms with Crippen molar-refractivity contribution in [3.8, 4) is 0 Å². The zero-order chi connectivity index (χ0) is 4.99. The topological polar surface area (TPSA) is 46.2 Å². The molecule has 0 aromatic carbocycles. The summed E-state index contributed by atoms with van der Waals surface area (Å²) in [5.41, 5.74) is 4.23. The maximum Gasteiger partial charge on any atom is 0.129 e. The van der Waals surface area contributed by atoms with E-state index in [0.717, 1.165) is 0 Å². The Labute approximate surface area is 41.9 Å². The first kappa shape index (κ1) is 6.21. The van der Waals surface area contributed by atoms with Gasteiger partial charge < -0.3 is 10.8 Å². The summed E-state index contributed by atoms with van der Waals surface area (Å²) >= 11 is 5.05. The molecule has 2 nitrogen and oxygen atoms in total. The summed E-state index contributed by atoms with van der Waals surface area (Å²) in [6.07, 6.45) is 0.474. The number of halogens is 1. The number of aliphatic hydroxyl groups excluding tert-OH is 1. The van der Waals surface area contributed by atoms with Gasteiger partial charge in [-0.25, -0.2) is 0 Å². The fourth-order valence-corrected chi connectivity index (χ4v) is 0.264. The van der Waals surface area contributed by atoms with Crippen molar-refractivity contribution < 1.29 is 5.11 Å². The van der Waals surface area contributed by atoms with E-state index in [2.05, 4.69) is 0 Å². The van der Waals surface area contributed by atoms with Crippen molar-refractivity contribution in [2.75, 3.05) is 6.54 Å². The molecule has 3 N–H and O–H groups in total. The Morgan fingerprint density at radius 1 is 1.83 bits per heavy atom. The van der Waals surface area contributed by atoms with E-state index in [1.54, 1.807) is 0 Å². The number of hydrogen-bond acceptors (Lipinski definition) is 2. The fraction of sp³-hybridized carbons (Fsp3) is 1.00. The molecule has 0 fully saturated rings. The first-order chi connectivity index (χ1) is 2.77. The van der Waals surface area contributed by atoms with Crippen molar-refractivity contribution in [3.05, 3.63) is 0 Å². The molecule has 0 radical (unpaired) electrons. The third-order valence-electron chi connectivity index (χ3n) is 0.405. The van der Waals surface area contributed by atoms with E-state index in [0.29, 0.717) is 13.0 Å². The lowest BCUT2D eigenvalue weighted by molar-refractivity contribution is 0.248. The molecule has 0 heterocycles. The molecular formula is C3H8ClNO. The molecule has 0 aliphatic rings. The molecule has 0 saturated carbocycles. The van der Waals surface area contributed by atoms with Gasteiger partial charge in [0.15, 0.2) is 0 Å². The molecule has 0 aliphatic heterocycles. The maximum absolute atomic E-state index is 8.24. The SMILES string of the molecule is NCCC(O)Cl. The quantitative estimate of drug-likeness (QED) is 0.486. The molecule has 0 rings (SSSR count). The van der Waals surface area contributed by atoms with Crippen molar-refractivity contribution in [3.63, 3.8) is 0 Å². The van der Waals surface area contributed by atoms with E-state index in [-0.39, 0.29) is 0 Å². The second kappa shape index (κ2) is 3.40. The summed E-state index contributed by atoms with van der Waals surface area (Å²) in [7, 11) is 0. The molecular weight excluding hydrogens is 101 g/mol. The molecule has 0 spiro atoms. The van der Waals surface area contributed by atoms with Crippen LogP contribution in [0.15, 0.2) is 0 Å². The zero-order valence-electron chi connectivity index (χ0n) is 3.39. The van der Waals surface area contributed by atoms with E-state index >= 15 is 0 Å². The van der Waals surface area contributed by atoms with Crippen molar-refractivity contribution in [2.45, 2.75) is 12.0 Å². The van der Waals surface area contributed by atoms with Gasteiger partial charge in [0.1, 0.15) is 5.56 Å². The summed E-state index contributed by atoms with van der Waals surface area (Å²) in [6.45, 7) is 0.449. The van der Waals surface area contributed by atoms with Crippen molar-refractivity contribution in [1.29, 1.82) is 0 Å². The first-order valence-corrected chi connectivity index (χ1v) is 2.23. The maximum atomic E-state index is 8.24. The number of hydrogen-bond donors (Lipinski definition) is 2. The van der Waals surface area contributed by atoms with Gasteiger partial charge in [0.25, 0.3) is 0 Å². The summed E-state index contributed by atoms with van der Waals surface area (Å²) < 4.78 is 0. The lowest BCUT2D eigenvalue weighted by atomic mass is 10.5. The molecule has 38 valence electrons. The molecule has 6 heavy (non-hydrogen) atoms. The van der Waals surface area contributed by atoms with Crippen LogP contribution in [0, 0.1) is 0 Å². The van der Waals surface area contributed by atoms with E-state index in [4.69, 9.17) is 22.4 Å². The predicted molar refractivity (Wildman–Crippen MR) is 25.5 cm³/mol. The molecule has 0 aromatic heterocycles. The van der Waals surface area contributed by atoms with E-state index in [1.807, 2.05) is 0 Å². The van der Waals surface area contributed by atoms with E-state index < -0.39 is 5.56 Å². The Balaban J connectivity index is 2.63. The van der Waals surface area contributed by atoms with Crippen molar-refractivity contribution in [2.24, 2.45) is 5.73 Å². The van der Waals surface area contributed by atoms with Crippen LogP contribution in [0.1, 0.15) is 6.42 Å². The number of aliphatic hydroxyl groups is 1. The Kier molecular flexibility index (Phi) is 3.52. The third kappa shape index (κ3) is 4.21. The van der Waals surface area contributed by atoms with Gasteiger partial charge >= 0.3 is 0 Å². The molecule has 0 saturated heterocycles. The summed E-state index contributed by atoms with van der Waals surface area (Å²) in [6, 6.07) is 0. The van der Waals surface area contributed by atoms with Crippen LogP contribution in [0.3, 0.4) is 0 Å². The van der Waals surface area contributed by atoms with Gasteiger partial charge in [0.2, 0.25) is 0 Å².